The third kappa shape index (κ3) is 5.57. The average molecular weight is 394 g/mol. The topological polar surface area (TPSA) is 64.4 Å². The van der Waals surface area contributed by atoms with E-state index in [2.05, 4.69) is 41.1 Å². The number of ether oxygens (including phenoxy) is 2. The van der Waals surface area contributed by atoms with Gasteiger partial charge in [-0.1, -0.05) is 17.7 Å². The van der Waals surface area contributed by atoms with Gasteiger partial charge in [-0.3, -0.25) is 4.90 Å². The van der Waals surface area contributed by atoms with Crippen molar-refractivity contribution in [3.8, 4) is 5.75 Å². The smallest absolute Gasteiger partial charge is 0.221 e. The lowest BCUT2D eigenvalue weighted by atomic mass is 10.1. The van der Waals surface area contributed by atoms with E-state index in [1.807, 2.05) is 22.9 Å². The van der Waals surface area contributed by atoms with Crippen LogP contribution in [0.1, 0.15) is 26.3 Å². The largest absolute Gasteiger partial charge is 0.491 e. The summed E-state index contributed by atoms with van der Waals surface area (Å²) >= 11 is 6.40. The van der Waals surface area contributed by atoms with Crippen molar-refractivity contribution < 1.29 is 9.47 Å². The summed E-state index contributed by atoms with van der Waals surface area (Å²) in [6.45, 7) is 11.9. The standard InChI is InChI=1S/C19H28ClN5O2/c1-19(2,3)25-18(22-14-23-25)21-13-15-4-5-17(16(20)12-15)27-11-8-24-6-9-26-10-7-24/h4-5,12,14H,6-11,13H2,1-3H3,(H,21,22,23). The van der Waals surface area contributed by atoms with E-state index in [-0.39, 0.29) is 5.54 Å². The van der Waals surface area contributed by atoms with Gasteiger partial charge in [-0.2, -0.15) is 10.1 Å². The highest BCUT2D eigenvalue weighted by atomic mass is 35.5. The summed E-state index contributed by atoms with van der Waals surface area (Å²) < 4.78 is 13.1. The number of nitrogens with zero attached hydrogens (tertiary/aromatic N) is 4. The molecule has 2 heterocycles. The highest BCUT2D eigenvalue weighted by molar-refractivity contribution is 6.32. The lowest BCUT2D eigenvalue weighted by molar-refractivity contribution is 0.0322. The molecule has 1 aliphatic heterocycles. The monoisotopic (exact) mass is 393 g/mol. The minimum atomic E-state index is -0.130. The molecule has 27 heavy (non-hydrogen) atoms. The number of halogens is 1. The van der Waals surface area contributed by atoms with Crippen LogP contribution in [0.3, 0.4) is 0 Å². The zero-order valence-corrected chi connectivity index (χ0v) is 17.0. The molecule has 1 aliphatic rings. The Labute approximate surface area is 165 Å². The van der Waals surface area contributed by atoms with Gasteiger partial charge in [-0.25, -0.2) is 4.68 Å². The summed E-state index contributed by atoms with van der Waals surface area (Å²) in [5.74, 6) is 1.45. The zero-order chi connectivity index (χ0) is 19.3. The molecule has 3 rings (SSSR count). The summed E-state index contributed by atoms with van der Waals surface area (Å²) in [6.07, 6.45) is 1.56. The average Bonchev–Trinajstić information content (AvgIpc) is 3.12. The molecular formula is C19H28ClN5O2. The third-order valence-electron chi connectivity index (χ3n) is 4.40. The van der Waals surface area contributed by atoms with Crippen molar-refractivity contribution in [3.05, 3.63) is 35.1 Å². The number of morpholine rings is 1. The Morgan fingerprint density at radius 2 is 2.04 bits per heavy atom. The van der Waals surface area contributed by atoms with Gasteiger partial charge in [0.15, 0.2) is 0 Å². The van der Waals surface area contributed by atoms with Crippen LogP contribution in [0, 0.1) is 0 Å². The fourth-order valence-electron chi connectivity index (χ4n) is 2.91. The summed E-state index contributed by atoms with van der Waals surface area (Å²) in [5.41, 5.74) is 0.929. The molecule has 8 heteroatoms. The van der Waals surface area contributed by atoms with Gasteiger partial charge in [0.05, 0.1) is 23.8 Å². The number of nitrogens with one attached hydrogen (secondary N) is 1. The minimum Gasteiger partial charge on any atom is -0.491 e. The van der Waals surface area contributed by atoms with Crippen molar-refractivity contribution in [1.29, 1.82) is 0 Å². The maximum Gasteiger partial charge on any atom is 0.221 e. The quantitative estimate of drug-likeness (QED) is 0.780. The van der Waals surface area contributed by atoms with E-state index in [1.165, 1.54) is 0 Å². The number of hydrogen-bond donors (Lipinski definition) is 1. The second-order valence-electron chi connectivity index (χ2n) is 7.59. The summed E-state index contributed by atoms with van der Waals surface area (Å²) in [7, 11) is 0. The van der Waals surface area contributed by atoms with Crippen molar-refractivity contribution in [1.82, 2.24) is 19.7 Å². The first kappa shape index (κ1) is 19.9. The fraction of sp³-hybridized carbons (Fsp3) is 0.579. The first-order valence-electron chi connectivity index (χ1n) is 9.29. The lowest BCUT2D eigenvalue weighted by Gasteiger charge is -2.26. The molecule has 2 aromatic rings. The Morgan fingerprint density at radius 3 is 2.74 bits per heavy atom. The molecule has 0 spiro atoms. The minimum absolute atomic E-state index is 0.130. The molecule has 1 saturated heterocycles. The number of hydrogen-bond acceptors (Lipinski definition) is 6. The van der Waals surface area contributed by atoms with Crippen molar-refractivity contribution in [2.45, 2.75) is 32.9 Å². The molecule has 0 amide bonds. The molecular weight excluding hydrogens is 366 g/mol. The third-order valence-corrected chi connectivity index (χ3v) is 4.69. The van der Waals surface area contributed by atoms with Gasteiger partial charge < -0.3 is 14.8 Å². The van der Waals surface area contributed by atoms with Gasteiger partial charge in [0, 0.05) is 26.2 Å². The molecule has 0 unspecified atom stereocenters. The fourth-order valence-corrected chi connectivity index (χ4v) is 3.17. The number of rotatable bonds is 7. The van der Waals surface area contributed by atoms with Gasteiger partial charge in [-0.05, 0) is 38.5 Å². The van der Waals surface area contributed by atoms with Crippen molar-refractivity contribution >= 4 is 17.5 Å². The maximum atomic E-state index is 6.40. The van der Waals surface area contributed by atoms with Gasteiger partial charge >= 0.3 is 0 Å². The molecule has 0 bridgehead atoms. The lowest BCUT2D eigenvalue weighted by Crippen LogP contribution is -2.38. The molecule has 0 aliphatic carbocycles. The van der Waals surface area contributed by atoms with E-state index in [1.54, 1.807) is 6.33 Å². The molecule has 0 atom stereocenters. The highest BCUT2D eigenvalue weighted by Crippen LogP contribution is 2.26. The van der Waals surface area contributed by atoms with Gasteiger partial charge in [-0.15, -0.1) is 0 Å². The predicted octanol–water partition coefficient (Wildman–Crippen LogP) is 3.01. The van der Waals surface area contributed by atoms with Gasteiger partial charge in [0.1, 0.15) is 18.7 Å². The zero-order valence-electron chi connectivity index (χ0n) is 16.2. The number of benzene rings is 1. The predicted molar refractivity (Wildman–Crippen MR) is 107 cm³/mol. The van der Waals surface area contributed by atoms with Crippen LogP contribution in [0.2, 0.25) is 5.02 Å². The van der Waals surface area contributed by atoms with Crippen LogP contribution in [-0.2, 0) is 16.8 Å². The molecule has 0 radical (unpaired) electrons. The van der Waals surface area contributed by atoms with E-state index in [0.29, 0.717) is 23.9 Å². The van der Waals surface area contributed by atoms with Crippen molar-refractivity contribution in [2.75, 3.05) is 44.8 Å². The van der Waals surface area contributed by atoms with Crippen LogP contribution in [-0.4, -0.2) is 59.1 Å². The molecule has 1 fully saturated rings. The number of anilines is 1. The van der Waals surface area contributed by atoms with Crippen LogP contribution in [0.5, 0.6) is 5.75 Å². The van der Waals surface area contributed by atoms with E-state index >= 15 is 0 Å². The van der Waals surface area contributed by atoms with E-state index < -0.39 is 0 Å². The van der Waals surface area contributed by atoms with Crippen molar-refractivity contribution in [2.24, 2.45) is 0 Å². The highest BCUT2D eigenvalue weighted by Gasteiger charge is 2.18. The van der Waals surface area contributed by atoms with Crippen LogP contribution >= 0.6 is 11.6 Å². The van der Waals surface area contributed by atoms with Gasteiger partial charge in [0.25, 0.3) is 0 Å². The first-order chi connectivity index (χ1) is 12.9. The van der Waals surface area contributed by atoms with Crippen LogP contribution < -0.4 is 10.1 Å². The second kappa shape index (κ2) is 8.91. The van der Waals surface area contributed by atoms with Crippen LogP contribution in [0.4, 0.5) is 5.95 Å². The second-order valence-corrected chi connectivity index (χ2v) is 7.99. The Morgan fingerprint density at radius 1 is 1.26 bits per heavy atom. The molecule has 148 valence electrons. The Bertz CT molecular complexity index is 738. The first-order valence-corrected chi connectivity index (χ1v) is 9.67. The van der Waals surface area contributed by atoms with E-state index in [0.717, 1.165) is 44.4 Å². The summed E-state index contributed by atoms with van der Waals surface area (Å²) in [5, 5.41) is 8.23. The Kier molecular flexibility index (Phi) is 6.57. The van der Waals surface area contributed by atoms with Gasteiger partial charge in [0.2, 0.25) is 5.95 Å². The van der Waals surface area contributed by atoms with Crippen molar-refractivity contribution in [3.63, 3.8) is 0 Å². The Hall–Kier alpha value is -1.83. The Balaban J connectivity index is 1.51. The summed E-state index contributed by atoms with van der Waals surface area (Å²) in [4.78, 5) is 6.63. The molecule has 0 saturated carbocycles. The van der Waals surface area contributed by atoms with Crippen LogP contribution in [0.15, 0.2) is 24.5 Å². The number of aromatic nitrogens is 3. The SMILES string of the molecule is CC(C)(C)n1ncnc1NCc1ccc(OCCN2CCOCC2)c(Cl)c1. The maximum absolute atomic E-state index is 6.40. The molecule has 1 aromatic heterocycles. The molecule has 1 aromatic carbocycles. The van der Waals surface area contributed by atoms with E-state index in [9.17, 15) is 0 Å². The normalized spacial score (nSPS) is 15.7. The van der Waals surface area contributed by atoms with Crippen LogP contribution in [0.25, 0.3) is 0 Å². The van der Waals surface area contributed by atoms with E-state index in [4.69, 9.17) is 21.1 Å². The molecule has 7 nitrogen and oxygen atoms in total. The molecule has 1 N–H and O–H groups in total. The summed E-state index contributed by atoms with van der Waals surface area (Å²) in [6, 6.07) is 5.87.